The lowest BCUT2D eigenvalue weighted by atomic mass is 10.3. The summed E-state index contributed by atoms with van der Waals surface area (Å²) in [6.07, 6.45) is 3.25. The van der Waals surface area contributed by atoms with Gasteiger partial charge in [-0.05, 0) is 36.4 Å². The van der Waals surface area contributed by atoms with Crippen LogP contribution in [0.15, 0.2) is 53.7 Å². The molecule has 30 heavy (non-hydrogen) atoms. The zero-order chi connectivity index (χ0) is 21.7. The van der Waals surface area contributed by atoms with Crippen LogP contribution in [0.1, 0.15) is 19.0 Å². The number of amides is 1. The fourth-order valence-corrected chi connectivity index (χ4v) is 3.80. The van der Waals surface area contributed by atoms with Gasteiger partial charge in [-0.15, -0.1) is 0 Å². The van der Waals surface area contributed by atoms with Crippen molar-refractivity contribution in [1.29, 1.82) is 0 Å². The Kier molecular flexibility index (Phi) is 6.70. The number of imidazole rings is 1. The fourth-order valence-electron chi connectivity index (χ4n) is 2.60. The molecule has 3 rings (SSSR count). The van der Waals surface area contributed by atoms with Gasteiger partial charge < -0.3 is 14.5 Å². The van der Waals surface area contributed by atoms with Crippen molar-refractivity contribution >= 4 is 44.8 Å². The molecular formula is C19H19ClN4O5S. The zero-order valence-electron chi connectivity index (χ0n) is 16.0. The zero-order valence-corrected chi connectivity index (χ0v) is 17.5. The van der Waals surface area contributed by atoms with E-state index in [0.29, 0.717) is 22.1 Å². The Balaban J connectivity index is 1.47. The number of hydrogen-bond donors (Lipinski definition) is 2. The van der Waals surface area contributed by atoms with Crippen molar-refractivity contribution in [2.24, 2.45) is 0 Å². The van der Waals surface area contributed by atoms with Crippen LogP contribution in [-0.2, 0) is 31.0 Å². The minimum absolute atomic E-state index is 0.0216. The van der Waals surface area contributed by atoms with Gasteiger partial charge in [-0.25, -0.2) is 18.1 Å². The first kappa shape index (κ1) is 21.8. The molecule has 0 aliphatic carbocycles. The van der Waals surface area contributed by atoms with Gasteiger partial charge in [0.05, 0.1) is 22.0 Å². The molecule has 0 bridgehead atoms. The summed E-state index contributed by atoms with van der Waals surface area (Å²) in [7, 11) is -3.79. The van der Waals surface area contributed by atoms with Gasteiger partial charge >= 0.3 is 5.97 Å². The van der Waals surface area contributed by atoms with Crippen molar-refractivity contribution in [3.63, 3.8) is 0 Å². The standard InChI is InChI=1S/C19H19ClN4O5S/c1-13(25)22-15-3-5-17(6-4-15)30(27,28)21-9-8-19(26)29-12-16-11-24-10-14(20)2-7-18(24)23-16/h2-7,10-11,21H,8-9,12H2,1H3,(H,22,25). The summed E-state index contributed by atoms with van der Waals surface area (Å²) in [4.78, 5) is 27.2. The molecule has 0 unspecified atom stereocenters. The third-order valence-corrected chi connectivity index (χ3v) is 5.65. The SMILES string of the molecule is CC(=O)Nc1ccc(S(=O)(=O)NCCC(=O)OCc2cn3cc(Cl)ccc3n2)cc1. The largest absolute Gasteiger partial charge is 0.459 e. The summed E-state index contributed by atoms with van der Waals surface area (Å²) >= 11 is 5.91. The normalized spacial score (nSPS) is 11.4. The molecule has 0 radical (unpaired) electrons. The van der Waals surface area contributed by atoms with Crippen molar-refractivity contribution in [3.8, 4) is 0 Å². The first-order chi connectivity index (χ1) is 14.2. The van der Waals surface area contributed by atoms with Crippen LogP contribution >= 0.6 is 11.6 Å². The Hall–Kier alpha value is -2.95. The molecule has 0 saturated heterocycles. The topological polar surface area (TPSA) is 119 Å². The Morgan fingerprint density at radius 3 is 2.57 bits per heavy atom. The van der Waals surface area contributed by atoms with Gasteiger partial charge in [0, 0.05) is 31.5 Å². The lowest BCUT2D eigenvalue weighted by molar-refractivity contribution is -0.144. The van der Waals surface area contributed by atoms with Crippen LogP contribution < -0.4 is 10.0 Å². The van der Waals surface area contributed by atoms with E-state index in [1.807, 2.05) is 0 Å². The van der Waals surface area contributed by atoms with Crippen LogP contribution in [0.25, 0.3) is 5.65 Å². The monoisotopic (exact) mass is 450 g/mol. The van der Waals surface area contributed by atoms with E-state index in [2.05, 4.69) is 15.0 Å². The molecule has 0 aliphatic rings. The number of nitrogens with zero attached hydrogens (tertiary/aromatic N) is 2. The van der Waals surface area contributed by atoms with Gasteiger partial charge in [-0.3, -0.25) is 9.59 Å². The van der Waals surface area contributed by atoms with E-state index in [-0.39, 0.29) is 30.4 Å². The molecule has 0 saturated carbocycles. The number of carbonyl (C=O) groups excluding carboxylic acids is 2. The highest BCUT2D eigenvalue weighted by molar-refractivity contribution is 7.89. The highest BCUT2D eigenvalue weighted by Gasteiger charge is 2.15. The Labute approximate surface area is 178 Å². The second-order valence-corrected chi connectivity index (χ2v) is 8.56. The average Bonchev–Trinajstić information content (AvgIpc) is 3.08. The van der Waals surface area contributed by atoms with Crippen molar-refractivity contribution in [2.75, 3.05) is 11.9 Å². The molecular weight excluding hydrogens is 432 g/mol. The Morgan fingerprint density at radius 1 is 1.13 bits per heavy atom. The highest BCUT2D eigenvalue weighted by Crippen LogP contribution is 2.14. The number of benzene rings is 1. The lowest BCUT2D eigenvalue weighted by Crippen LogP contribution is -2.26. The molecule has 2 heterocycles. The summed E-state index contributed by atoms with van der Waals surface area (Å²) in [5.41, 5.74) is 1.70. The molecule has 0 aliphatic heterocycles. The van der Waals surface area contributed by atoms with Crippen molar-refractivity contribution in [2.45, 2.75) is 24.8 Å². The summed E-state index contributed by atoms with van der Waals surface area (Å²) in [6, 6.07) is 9.13. The molecule has 2 N–H and O–H groups in total. The molecule has 3 aromatic rings. The number of rotatable bonds is 8. The number of pyridine rings is 1. The summed E-state index contributed by atoms with van der Waals surface area (Å²) < 4.78 is 33.8. The van der Waals surface area contributed by atoms with Crippen LogP contribution in [0.4, 0.5) is 5.69 Å². The van der Waals surface area contributed by atoms with Gasteiger partial charge in [0.2, 0.25) is 15.9 Å². The number of fused-ring (bicyclic) bond motifs is 1. The quantitative estimate of drug-likeness (QED) is 0.508. The maximum Gasteiger partial charge on any atom is 0.307 e. The summed E-state index contributed by atoms with van der Waals surface area (Å²) in [6.45, 7) is 1.21. The molecule has 0 spiro atoms. The maximum absolute atomic E-state index is 12.3. The number of hydrogen-bond acceptors (Lipinski definition) is 6. The van der Waals surface area contributed by atoms with E-state index in [0.717, 1.165) is 0 Å². The van der Waals surface area contributed by atoms with Gasteiger partial charge in [0.1, 0.15) is 12.3 Å². The van der Waals surface area contributed by atoms with E-state index in [4.69, 9.17) is 16.3 Å². The molecule has 158 valence electrons. The predicted molar refractivity (Wildman–Crippen MR) is 111 cm³/mol. The van der Waals surface area contributed by atoms with E-state index in [9.17, 15) is 18.0 Å². The number of nitrogens with one attached hydrogen (secondary N) is 2. The third-order valence-electron chi connectivity index (χ3n) is 3.95. The molecule has 0 fully saturated rings. The van der Waals surface area contributed by atoms with E-state index in [1.54, 1.807) is 28.9 Å². The first-order valence-electron chi connectivity index (χ1n) is 8.89. The lowest BCUT2D eigenvalue weighted by Gasteiger charge is -2.08. The average molecular weight is 451 g/mol. The minimum Gasteiger partial charge on any atom is -0.459 e. The number of sulfonamides is 1. The molecule has 1 aromatic carbocycles. The third kappa shape index (κ3) is 5.78. The predicted octanol–water partition coefficient (Wildman–Crippen LogP) is 2.36. The van der Waals surface area contributed by atoms with Crippen LogP contribution in [0.2, 0.25) is 5.02 Å². The Morgan fingerprint density at radius 2 is 1.87 bits per heavy atom. The van der Waals surface area contributed by atoms with Crippen LogP contribution in [0.3, 0.4) is 0 Å². The van der Waals surface area contributed by atoms with Crippen molar-refractivity contribution in [1.82, 2.24) is 14.1 Å². The van der Waals surface area contributed by atoms with Crippen LogP contribution in [0.5, 0.6) is 0 Å². The number of halogens is 1. The molecule has 11 heteroatoms. The Bertz CT molecular complexity index is 1180. The number of anilines is 1. The highest BCUT2D eigenvalue weighted by atomic mass is 35.5. The first-order valence-corrected chi connectivity index (χ1v) is 10.8. The fraction of sp³-hybridized carbons (Fsp3) is 0.211. The molecule has 0 atom stereocenters. The van der Waals surface area contributed by atoms with Gasteiger partial charge in [0.15, 0.2) is 0 Å². The summed E-state index contributed by atoms with van der Waals surface area (Å²) in [5, 5.41) is 3.11. The minimum atomic E-state index is -3.79. The number of carbonyl (C=O) groups is 2. The van der Waals surface area contributed by atoms with E-state index >= 15 is 0 Å². The van der Waals surface area contributed by atoms with Crippen molar-refractivity contribution in [3.05, 3.63) is 59.5 Å². The summed E-state index contributed by atoms with van der Waals surface area (Å²) in [5.74, 6) is -0.816. The van der Waals surface area contributed by atoms with E-state index in [1.165, 1.54) is 31.2 Å². The van der Waals surface area contributed by atoms with Gasteiger partial charge in [-0.2, -0.15) is 0 Å². The van der Waals surface area contributed by atoms with Gasteiger partial charge in [0.25, 0.3) is 0 Å². The number of ether oxygens (including phenoxy) is 1. The second kappa shape index (κ2) is 9.24. The van der Waals surface area contributed by atoms with Crippen molar-refractivity contribution < 1.29 is 22.7 Å². The van der Waals surface area contributed by atoms with E-state index < -0.39 is 16.0 Å². The second-order valence-electron chi connectivity index (χ2n) is 6.36. The van der Waals surface area contributed by atoms with Crippen LogP contribution in [-0.4, -0.2) is 36.2 Å². The smallest absolute Gasteiger partial charge is 0.307 e. The van der Waals surface area contributed by atoms with Gasteiger partial charge in [-0.1, -0.05) is 11.6 Å². The molecule has 9 nitrogen and oxygen atoms in total. The number of esters is 1. The molecule has 1 amide bonds. The molecule has 2 aromatic heterocycles. The number of aromatic nitrogens is 2. The maximum atomic E-state index is 12.3. The van der Waals surface area contributed by atoms with Crippen LogP contribution in [0, 0.1) is 0 Å².